The molecule has 0 unspecified atom stereocenters. The number of nitrogens with one attached hydrogen (secondary N) is 2. The van der Waals surface area contributed by atoms with Crippen LogP contribution in [0.2, 0.25) is 0 Å². The van der Waals surface area contributed by atoms with Crippen molar-refractivity contribution in [3.63, 3.8) is 0 Å². The Balaban J connectivity index is 1.59. The number of ether oxygens (including phenoxy) is 1. The molecule has 1 aliphatic rings. The standard InChI is InChI=1S/C25H30N2O5/c1-16(2)14-22(24(30)26-13-7-12-23(28)29)27-25(31)32-15-21-19-10-5-3-8-17(19)18-9-4-6-11-20(18)21/h3-6,8-11,16,21-22H,7,12-15H2,1-2H3,(H,26,30)(H,27,31)(H,28,29)/t22-/m0/s1. The molecule has 3 rings (SSSR count). The molecule has 3 N–H and O–H groups in total. The van der Waals surface area contributed by atoms with Crippen molar-refractivity contribution in [1.29, 1.82) is 0 Å². The van der Waals surface area contributed by atoms with Crippen LogP contribution in [0, 0.1) is 5.92 Å². The van der Waals surface area contributed by atoms with Crippen LogP contribution in [0.25, 0.3) is 11.1 Å². The summed E-state index contributed by atoms with van der Waals surface area (Å²) in [5.74, 6) is -1.12. The molecule has 0 spiro atoms. The summed E-state index contributed by atoms with van der Waals surface area (Å²) in [6.45, 7) is 4.34. The van der Waals surface area contributed by atoms with E-state index in [4.69, 9.17) is 9.84 Å². The number of benzene rings is 2. The number of hydrogen-bond acceptors (Lipinski definition) is 4. The molecule has 2 aromatic carbocycles. The van der Waals surface area contributed by atoms with Gasteiger partial charge in [0, 0.05) is 18.9 Å². The monoisotopic (exact) mass is 438 g/mol. The average Bonchev–Trinajstić information content (AvgIpc) is 3.08. The second-order valence-electron chi connectivity index (χ2n) is 8.44. The molecule has 0 saturated heterocycles. The molecule has 1 aliphatic carbocycles. The highest BCUT2D eigenvalue weighted by Crippen LogP contribution is 2.44. The van der Waals surface area contributed by atoms with Gasteiger partial charge in [0.15, 0.2) is 0 Å². The predicted molar refractivity (Wildman–Crippen MR) is 121 cm³/mol. The van der Waals surface area contributed by atoms with E-state index in [1.54, 1.807) is 0 Å². The first kappa shape index (κ1) is 23.3. The van der Waals surface area contributed by atoms with Gasteiger partial charge in [-0.1, -0.05) is 62.4 Å². The molecule has 0 heterocycles. The van der Waals surface area contributed by atoms with E-state index in [0.717, 1.165) is 22.3 Å². The third-order valence-electron chi connectivity index (χ3n) is 5.53. The summed E-state index contributed by atoms with van der Waals surface area (Å²) in [4.78, 5) is 35.7. The molecule has 0 aliphatic heterocycles. The quantitative estimate of drug-likeness (QED) is 0.488. The molecule has 170 valence electrons. The smallest absolute Gasteiger partial charge is 0.407 e. The highest BCUT2D eigenvalue weighted by molar-refractivity contribution is 5.85. The number of carbonyl (C=O) groups excluding carboxylic acids is 2. The Bertz CT molecular complexity index is 927. The van der Waals surface area contributed by atoms with Crippen LogP contribution in [0.4, 0.5) is 4.79 Å². The van der Waals surface area contributed by atoms with E-state index in [-0.39, 0.29) is 37.3 Å². The average molecular weight is 439 g/mol. The first-order valence-corrected chi connectivity index (χ1v) is 11.0. The summed E-state index contributed by atoms with van der Waals surface area (Å²) in [6, 6.07) is 15.4. The van der Waals surface area contributed by atoms with Gasteiger partial charge >= 0.3 is 12.1 Å². The van der Waals surface area contributed by atoms with E-state index in [1.807, 2.05) is 50.2 Å². The molecule has 32 heavy (non-hydrogen) atoms. The Morgan fingerprint density at radius 1 is 1.00 bits per heavy atom. The lowest BCUT2D eigenvalue weighted by Crippen LogP contribution is -2.48. The molecule has 2 aromatic rings. The lowest BCUT2D eigenvalue weighted by atomic mass is 9.98. The predicted octanol–water partition coefficient (Wildman–Crippen LogP) is 3.92. The number of hydrogen-bond donors (Lipinski definition) is 3. The van der Waals surface area contributed by atoms with Gasteiger partial charge in [0.1, 0.15) is 12.6 Å². The second kappa shape index (κ2) is 10.8. The number of carboxylic acid groups (broad SMARTS) is 1. The van der Waals surface area contributed by atoms with Gasteiger partial charge in [-0.05, 0) is 41.0 Å². The SMILES string of the molecule is CC(C)C[C@H](NC(=O)OCC1c2ccccc2-c2ccccc21)C(=O)NCCCC(=O)O. The highest BCUT2D eigenvalue weighted by atomic mass is 16.5. The Labute approximate surface area is 188 Å². The normalized spacial score (nSPS) is 13.2. The Hall–Kier alpha value is -3.35. The number of rotatable bonds is 10. The van der Waals surface area contributed by atoms with Gasteiger partial charge in [-0.3, -0.25) is 9.59 Å². The summed E-state index contributed by atoms with van der Waals surface area (Å²) in [6.07, 6.45) is 0.128. The van der Waals surface area contributed by atoms with Gasteiger partial charge in [0.05, 0.1) is 0 Å². The summed E-state index contributed by atoms with van der Waals surface area (Å²) in [5, 5.41) is 14.1. The van der Waals surface area contributed by atoms with Gasteiger partial charge < -0.3 is 20.5 Å². The number of carbonyl (C=O) groups is 3. The van der Waals surface area contributed by atoms with Crippen molar-refractivity contribution in [3.8, 4) is 11.1 Å². The summed E-state index contributed by atoms with van der Waals surface area (Å²) in [7, 11) is 0. The largest absolute Gasteiger partial charge is 0.481 e. The van der Waals surface area contributed by atoms with Crippen LogP contribution in [-0.4, -0.2) is 42.3 Å². The lowest BCUT2D eigenvalue weighted by Gasteiger charge is -2.21. The van der Waals surface area contributed by atoms with Crippen molar-refractivity contribution in [2.75, 3.05) is 13.2 Å². The Morgan fingerprint density at radius 3 is 2.16 bits per heavy atom. The maximum absolute atomic E-state index is 12.5. The first-order valence-electron chi connectivity index (χ1n) is 11.0. The summed E-state index contributed by atoms with van der Waals surface area (Å²) in [5.41, 5.74) is 4.54. The summed E-state index contributed by atoms with van der Waals surface area (Å²) >= 11 is 0. The molecular formula is C25H30N2O5. The second-order valence-corrected chi connectivity index (χ2v) is 8.44. The van der Waals surface area contributed by atoms with E-state index in [2.05, 4.69) is 22.8 Å². The van der Waals surface area contributed by atoms with Crippen LogP contribution < -0.4 is 10.6 Å². The van der Waals surface area contributed by atoms with Crippen LogP contribution in [0.3, 0.4) is 0 Å². The lowest BCUT2D eigenvalue weighted by molar-refractivity contribution is -0.137. The van der Waals surface area contributed by atoms with Crippen LogP contribution in [-0.2, 0) is 14.3 Å². The third-order valence-corrected chi connectivity index (χ3v) is 5.53. The number of fused-ring (bicyclic) bond motifs is 3. The molecular weight excluding hydrogens is 408 g/mol. The van der Waals surface area contributed by atoms with Crippen molar-refractivity contribution in [2.45, 2.75) is 45.1 Å². The van der Waals surface area contributed by atoms with Crippen molar-refractivity contribution in [3.05, 3.63) is 59.7 Å². The minimum atomic E-state index is -0.908. The van der Waals surface area contributed by atoms with Crippen LogP contribution in [0.1, 0.15) is 50.2 Å². The van der Waals surface area contributed by atoms with E-state index in [0.29, 0.717) is 12.8 Å². The van der Waals surface area contributed by atoms with Crippen molar-refractivity contribution >= 4 is 18.0 Å². The minimum absolute atomic E-state index is 0.0189. The molecule has 1 atom stereocenters. The fraction of sp³-hybridized carbons (Fsp3) is 0.400. The van der Waals surface area contributed by atoms with Gasteiger partial charge in [-0.25, -0.2) is 4.79 Å². The minimum Gasteiger partial charge on any atom is -0.481 e. The van der Waals surface area contributed by atoms with Crippen LogP contribution in [0.5, 0.6) is 0 Å². The topological polar surface area (TPSA) is 105 Å². The maximum atomic E-state index is 12.5. The number of aliphatic carboxylic acids is 1. The molecule has 7 nitrogen and oxygen atoms in total. The van der Waals surface area contributed by atoms with E-state index < -0.39 is 18.1 Å². The fourth-order valence-electron chi connectivity index (χ4n) is 4.06. The maximum Gasteiger partial charge on any atom is 0.407 e. The van der Waals surface area contributed by atoms with E-state index in [1.165, 1.54) is 0 Å². The molecule has 0 radical (unpaired) electrons. The zero-order valence-corrected chi connectivity index (χ0v) is 18.5. The first-order chi connectivity index (χ1) is 15.4. The number of alkyl carbamates (subject to hydrolysis) is 1. The van der Waals surface area contributed by atoms with Crippen molar-refractivity contribution in [2.24, 2.45) is 5.92 Å². The van der Waals surface area contributed by atoms with Crippen LogP contribution in [0.15, 0.2) is 48.5 Å². The zero-order chi connectivity index (χ0) is 23.1. The van der Waals surface area contributed by atoms with Gasteiger partial charge in [-0.2, -0.15) is 0 Å². The number of carboxylic acids is 1. The van der Waals surface area contributed by atoms with Crippen molar-refractivity contribution in [1.82, 2.24) is 10.6 Å². The molecule has 2 amide bonds. The van der Waals surface area contributed by atoms with Gasteiger partial charge in [-0.15, -0.1) is 0 Å². The van der Waals surface area contributed by atoms with Crippen molar-refractivity contribution < 1.29 is 24.2 Å². The fourth-order valence-corrected chi connectivity index (χ4v) is 4.06. The van der Waals surface area contributed by atoms with Gasteiger partial charge in [0.2, 0.25) is 5.91 Å². The molecule has 0 bridgehead atoms. The molecule has 0 aromatic heterocycles. The highest BCUT2D eigenvalue weighted by Gasteiger charge is 2.29. The number of amides is 2. The Morgan fingerprint density at radius 2 is 1.59 bits per heavy atom. The Kier molecular flexibility index (Phi) is 7.87. The van der Waals surface area contributed by atoms with Crippen LogP contribution >= 0.6 is 0 Å². The third kappa shape index (κ3) is 5.87. The zero-order valence-electron chi connectivity index (χ0n) is 18.5. The van der Waals surface area contributed by atoms with E-state index in [9.17, 15) is 14.4 Å². The molecule has 0 fully saturated rings. The molecule has 0 saturated carbocycles. The molecule has 7 heteroatoms. The van der Waals surface area contributed by atoms with Gasteiger partial charge in [0.25, 0.3) is 0 Å². The van der Waals surface area contributed by atoms with E-state index >= 15 is 0 Å². The summed E-state index contributed by atoms with van der Waals surface area (Å²) < 4.78 is 5.55.